The van der Waals surface area contributed by atoms with Crippen molar-refractivity contribution in [3.63, 3.8) is 0 Å². The number of rotatable bonds is 0. The first-order valence-corrected chi connectivity index (χ1v) is 3.50. The molecule has 1 saturated heterocycles. The smallest absolute Gasteiger partial charge is 0.408 e. The Kier molecular flexibility index (Phi) is 1.62. The Hall–Kier alpha value is -1.06. The van der Waals surface area contributed by atoms with Gasteiger partial charge in [0.1, 0.15) is 0 Å². The second-order valence-corrected chi connectivity index (χ2v) is 3.17. The molecule has 0 saturated carbocycles. The lowest BCUT2D eigenvalue weighted by Crippen LogP contribution is -2.45. The molecule has 0 aromatic rings. The number of ketones is 1. The zero-order valence-electron chi connectivity index (χ0n) is 6.63. The van der Waals surface area contributed by atoms with E-state index in [-0.39, 0.29) is 5.78 Å². The van der Waals surface area contributed by atoms with E-state index < -0.39 is 11.6 Å². The number of nitrogens with zero attached hydrogens (tertiary/aromatic N) is 1. The molecule has 1 amide bonds. The van der Waals surface area contributed by atoms with Gasteiger partial charge in [-0.3, -0.25) is 9.69 Å². The molecule has 0 spiro atoms. The number of hydrogen-bond acceptors (Lipinski definition) is 2. The van der Waals surface area contributed by atoms with Crippen LogP contribution in [0.25, 0.3) is 0 Å². The third-order valence-corrected chi connectivity index (χ3v) is 2.15. The first-order valence-electron chi connectivity index (χ1n) is 3.50. The van der Waals surface area contributed by atoms with Crippen LogP contribution in [0.5, 0.6) is 0 Å². The zero-order valence-corrected chi connectivity index (χ0v) is 6.63. The molecule has 0 unspecified atom stereocenters. The van der Waals surface area contributed by atoms with Crippen LogP contribution < -0.4 is 0 Å². The Morgan fingerprint density at radius 3 is 2.36 bits per heavy atom. The van der Waals surface area contributed by atoms with Crippen LogP contribution in [-0.2, 0) is 4.79 Å². The molecular weight excluding hydrogens is 146 g/mol. The van der Waals surface area contributed by atoms with Crippen LogP contribution >= 0.6 is 0 Å². The molecule has 0 aromatic heterocycles. The van der Waals surface area contributed by atoms with Crippen LogP contribution in [0.3, 0.4) is 0 Å². The molecule has 1 aliphatic rings. The van der Waals surface area contributed by atoms with E-state index in [9.17, 15) is 9.59 Å². The van der Waals surface area contributed by atoms with E-state index in [0.717, 1.165) is 0 Å². The lowest BCUT2D eigenvalue weighted by molar-refractivity contribution is -0.123. The van der Waals surface area contributed by atoms with E-state index >= 15 is 0 Å². The minimum Gasteiger partial charge on any atom is -0.465 e. The molecule has 11 heavy (non-hydrogen) atoms. The SMILES string of the molecule is CC1(C)C(=O)CCN1C(=O)O. The summed E-state index contributed by atoms with van der Waals surface area (Å²) in [5, 5.41) is 8.64. The van der Waals surface area contributed by atoms with Gasteiger partial charge in [0.15, 0.2) is 5.78 Å². The average molecular weight is 157 g/mol. The van der Waals surface area contributed by atoms with Gasteiger partial charge in [0.25, 0.3) is 0 Å². The monoisotopic (exact) mass is 157 g/mol. The van der Waals surface area contributed by atoms with Crippen molar-refractivity contribution >= 4 is 11.9 Å². The fourth-order valence-electron chi connectivity index (χ4n) is 1.28. The van der Waals surface area contributed by atoms with E-state index in [1.807, 2.05) is 0 Å². The fraction of sp³-hybridized carbons (Fsp3) is 0.714. The van der Waals surface area contributed by atoms with Crippen LogP contribution in [0.4, 0.5) is 4.79 Å². The van der Waals surface area contributed by atoms with Gasteiger partial charge in [0, 0.05) is 13.0 Å². The largest absolute Gasteiger partial charge is 0.465 e. The van der Waals surface area contributed by atoms with Gasteiger partial charge in [-0.15, -0.1) is 0 Å². The van der Waals surface area contributed by atoms with Gasteiger partial charge >= 0.3 is 6.09 Å². The topological polar surface area (TPSA) is 57.6 Å². The number of carbonyl (C=O) groups excluding carboxylic acids is 1. The van der Waals surface area contributed by atoms with E-state index in [4.69, 9.17) is 5.11 Å². The van der Waals surface area contributed by atoms with Gasteiger partial charge < -0.3 is 5.11 Å². The second-order valence-electron chi connectivity index (χ2n) is 3.17. The minimum absolute atomic E-state index is 0.0000926. The van der Waals surface area contributed by atoms with Crippen molar-refractivity contribution in [3.05, 3.63) is 0 Å². The van der Waals surface area contributed by atoms with Crippen molar-refractivity contribution in [2.24, 2.45) is 0 Å². The molecule has 4 nitrogen and oxygen atoms in total. The summed E-state index contributed by atoms with van der Waals surface area (Å²) in [6.45, 7) is 3.61. The molecule has 1 rings (SSSR count). The predicted octanol–water partition coefficient (Wildman–Crippen LogP) is 0.718. The highest BCUT2D eigenvalue weighted by Crippen LogP contribution is 2.24. The van der Waals surface area contributed by atoms with Crippen LogP contribution in [0.1, 0.15) is 20.3 Å². The van der Waals surface area contributed by atoms with Gasteiger partial charge in [-0.05, 0) is 13.8 Å². The zero-order chi connectivity index (χ0) is 8.65. The highest BCUT2D eigenvalue weighted by molar-refractivity contribution is 5.93. The summed E-state index contributed by atoms with van der Waals surface area (Å²) in [6, 6.07) is 0. The molecule has 0 aromatic carbocycles. The number of amides is 1. The second kappa shape index (κ2) is 2.22. The number of carbonyl (C=O) groups is 2. The fourth-order valence-corrected chi connectivity index (χ4v) is 1.28. The quantitative estimate of drug-likeness (QED) is 0.563. The number of carboxylic acid groups (broad SMARTS) is 1. The summed E-state index contributed by atoms with van der Waals surface area (Å²) in [4.78, 5) is 22.8. The van der Waals surface area contributed by atoms with Crippen molar-refractivity contribution in [1.82, 2.24) is 4.90 Å². The summed E-state index contributed by atoms with van der Waals surface area (Å²) < 4.78 is 0. The summed E-state index contributed by atoms with van der Waals surface area (Å²) in [5.41, 5.74) is -0.814. The van der Waals surface area contributed by atoms with Crippen LogP contribution in [-0.4, -0.2) is 34.0 Å². The summed E-state index contributed by atoms with van der Waals surface area (Å²) in [6.07, 6.45) is -0.667. The standard InChI is InChI=1S/C7H11NO3/c1-7(2)5(9)3-4-8(7)6(10)11/h3-4H2,1-2H3,(H,10,11). The maximum Gasteiger partial charge on any atom is 0.408 e. The first-order chi connectivity index (χ1) is 4.96. The molecule has 0 radical (unpaired) electrons. The van der Waals surface area contributed by atoms with Crippen molar-refractivity contribution < 1.29 is 14.7 Å². The van der Waals surface area contributed by atoms with E-state index in [0.29, 0.717) is 13.0 Å². The predicted molar refractivity (Wildman–Crippen MR) is 38.4 cm³/mol. The first kappa shape index (κ1) is 8.04. The van der Waals surface area contributed by atoms with Crippen LogP contribution in [0.15, 0.2) is 0 Å². The van der Waals surface area contributed by atoms with Crippen molar-refractivity contribution in [3.8, 4) is 0 Å². The van der Waals surface area contributed by atoms with Crippen molar-refractivity contribution in [1.29, 1.82) is 0 Å². The third kappa shape index (κ3) is 1.08. The Bertz CT molecular complexity index is 210. The van der Waals surface area contributed by atoms with Gasteiger partial charge in [-0.2, -0.15) is 0 Å². The van der Waals surface area contributed by atoms with E-state index in [2.05, 4.69) is 0 Å². The molecule has 62 valence electrons. The number of hydrogen-bond donors (Lipinski definition) is 1. The lowest BCUT2D eigenvalue weighted by Gasteiger charge is -2.26. The highest BCUT2D eigenvalue weighted by atomic mass is 16.4. The van der Waals surface area contributed by atoms with Crippen LogP contribution in [0.2, 0.25) is 0 Å². The maximum absolute atomic E-state index is 11.1. The molecule has 1 N–H and O–H groups in total. The molecule has 0 atom stereocenters. The van der Waals surface area contributed by atoms with Gasteiger partial charge in [-0.1, -0.05) is 0 Å². The molecule has 0 bridgehead atoms. The third-order valence-electron chi connectivity index (χ3n) is 2.15. The Morgan fingerprint density at radius 2 is 2.18 bits per heavy atom. The average Bonchev–Trinajstić information content (AvgIpc) is 2.08. The normalized spacial score (nSPS) is 22.4. The van der Waals surface area contributed by atoms with Gasteiger partial charge in [0.05, 0.1) is 5.54 Å². The van der Waals surface area contributed by atoms with Gasteiger partial charge in [0.2, 0.25) is 0 Å². The van der Waals surface area contributed by atoms with Gasteiger partial charge in [-0.25, -0.2) is 4.79 Å². The molecule has 1 heterocycles. The number of likely N-dealkylation sites (tertiary alicyclic amines) is 1. The molecule has 1 aliphatic heterocycles. The summed E-state index contributed by atoms with van der Waals surface area (Å²) in [5.74, 6) is -0.0000926. The highest BCUT2D eigenvalue weighted by Gasteiger charge is 2.42. The molecule has 4 heteroatoms. The van der Waals surface area contributed by atoms with Crippen LogP contribution in [0, 0.1) is 0 Å². The summed E-state index contributed by atoms with van der Waals surface area (Å²) in [7, 11) is 0. The molecular formula is C7H11NO3. The van der Waals surface area contributed by atoms with E-state index in [1.54, 1.807) is 13.8 Å². The Balaban J connectivity index is 2.87. The van der Waals surface area contributed by atoms with Crippen molar-refractivity contribution in [2.45, 2.75) is 25.8 Å². The van der Waals surface area contributed by atoms with E-state index in [1.165, 1.54) is 4.90 Å². The molecule has 1 fully saturated rings. The summed E-state index contributed by atoms with van der Waals surface area (Å²) >= 11 is 0. The lowest BCUT2D eigenvalue weighted by atomic mass is 10.0. The Labute approximate surface area is 64.8 Å². The Morgan fingerprint density at radius 1 is 1.64 bits per heavy atom. The maximum atomic E-state index is 11.1. The van der Waals surface area contributed by atoms with Crippen molar-refractivity contribution in [2.75, 3.05) is 6.54 Å². The molecule has 0 aliphatic carbocycles. The number of Topliss-reactive ketones (excluding diaryl/α,β-unsaturated/α-hetero) is 1. The minimum atomic E-state index is -1.01.